The molecule has 0 aliphatic heterocycles. The first-order valence-corrected chi connectivity index (χ1v) is 6.33. The largest absolute Gasteiger partial charge is 0.482 e. The van der Waals surface area contributed by atoms with E-state index in [1.807, 2.05) is 16.8 Å². The number of hydrogen-bond acceptors (Lipinski definition) is 5. The number of rotatable bonds is 5. The van der Waals surface area contributed by atoms with E-state index in [4.69, 9.17) is 15.2 Å². The number of thiophene rings is 1. The van der Waals surface area contributed by atoms with Crippen molar-refractivity contribution < 1.29 is 14.3 Å². The van der Waals surface area contributed by atoms with E-state index in [2.05, 4.69) is 0 Å². The van der Waals surface area contributed by atoms with E-state index in [0.29, 0.717) is 11.4 Å². The zero-order chi connectivity index (χ0) is 12.8. The Morgan fingerprint density at radius 1 is 1.33 bits per heavy atom. The standard InChI is InChI=1S/C13H13NO3S/c14-11-2-1-3-12(6-11)16-8-13(15)17-7-10-4-5-18-9-10/h1-6,9H,7-8,14H2. The van der Waals surface area contributed by atoms with E-state index >= 15 is 0 Å². The molecule has 0 fully saturated rings. The summed E-state index contributed by atoms with van der Waals surface area (Å²) in [5, 5.41) is 3.87. The number of nitrogen functional groups attached to an aromatic ring is 1. The van der Waals surface area contributed by atoms with Gasteiger partial charge in [0.15, 0.2) is 6.61 Å². The molecule has 0 unspecified atom stereocenters. The number of carbonyl (C=O) groups excluding carboxylic acids is 1. The van der Waals surface area contributed by atoms with E-state index in [0.717, 1.165) is 5.56 Å². The van der Waals surface area contributed by atoms with Crippen LogP contribution in [-0.2, 0) is 16.1 Å². The average Bonchev–Trinajstić information content (AvgIpc) is 2.87. The molecule has 0 spiro atoms. The molecule has 0 bridgehead atoms. The lowest BCUT2D eigenvalue weighted by Crippen LogP contribution is -2.14. The second-order valence-corrected chi connectivity index (χ2v) is 4.43. The lowest BCUT2D eigenvalue weighted by atomic mass is 10.3. The Kier molecular flexibility index (Phi) is 4.20. The molecule has 1 heterocycles. The van der Waals surface area contributed by atoms with Crippen LogP contribution in [0.4, 0.5) is 5.69 Å². The Morgan fingerprint density at radius 3 is 2.94 bits per heavy atom. The first-order chi connectivity index (χ1) is 8.74. The van der Waals surface area contributed by atoms with Crippen LogP contribution in [0.2, 0.25) is 0 Å². The Bertz CT molecular complexity index is 511. The van der Waals surface area contributed by atoms with E-state index in [-0.39, 0.29) is 13.2 Å². The molecule has 18 heavy (non-hydrogen) atoms. The number of carbonyl (C=O) groups is 1. The van der Waals surface area contributed by atoms with Crippen LogP contribution < -0.4 is 10.5 Å². The summed E-state index contributed by atoms with van der Waals surface area (Å²) in [6, 6.07) is 8.83. The number of nitrogens with two attached hydrogens (primary N) is 1. The third-order valence-corrected chi connectivity index (χ3v) is 2.93. The highest BCUT2D eigenvalue weighted by molar-refractivity contribution is 7.07. The van der Waals surface area contributed by atoms with Gasteiger partial charge in [-0.3, -0.25) is 0 Å². The van der Waals surface area contributed by atoms with Crippen LogP contribution in [0, 0.1) is 0 Å². The minimum atomic E-state index is -0.399. The summed E-state index contributed by atoms with van der Waals surface area (Å²) in [5.41, 5.74) is 7.17. The molecule has 0 amide bonds. The van der Waals surface area contributed by atoms with Gasteiger partial charge in [-0.2, -0.15) is 11.3 Å². The van der Waals surface area contributed by atoms with Gasteiger partial charge in [-0.1, -0.05) is 6.07 Å². The fraction of sp³-hybridized carbons (Fsp3) is 0.154. The Balaban J connectivity index is 1.75. The average molecular weight is 263 g/mol. The minimum absolute atomic E-state index is 0.117. The number of esters is 1. The summed E-state index contributed by atoms with van der Waals surface area (Å²) < 4.78 is 10.3. The van der Waals surface area contributed by atoms with E-state index in [1.54, 1.807) is 35.6 Å². The molecule has 5 heteroatoms. The summed E-state index contributed by atoms with van der Waals surface area (Å²) in [7, 11) is 0. The number of hydrogen-bond donors (Lipinski definition) is 1. The molecule has 0 aliphatic rings. The SMILES string of the molecule is Nc1cccc(OCC(=O)OCc2ccsc2)c1. The highest BCUT2D eigenvalue weighted by Crippen LogP contribution is 2.14. The highest BCUT2D eigenvalue weighted by atomic mass is 32.1. The molecule has 2 rings (SSSR count). The summed E-state index contributed by atoms with van der Waals surface area (Å²) in [6.07, 6.45) is 0. The third-order valence-electron chi connectivity index (χ3n) is 2.19. The molecule has 2 aromatic rings. The smallest absolute Gasteiger partial charge is 0.344 e. The number of anilines is 1. The van der Waals surface area contributed by atoms with Gasteiger partial charge in [0.2, 0.25) is 0 Å². The van der Waals surface area contributed by atoms with Gasteiger partial charge in [0, 0.05) is 17.3 Å². The summed E-state index contributed by atoms with van der Waals surface area (Å²) in [6.45, 7) is 0.163. The summed E-state index contributed by atoms with van der Waals surface area (Å²) in [5.74, 6) is 0.158. The van der Waals surface area contributed by atoms with Crippen LogP contribution in [0.25, 0.3) is 0 Å². The fourth-order valence-corrected chi connectivity index (χ4v) is 1.98. The van der Waals surface area contributed by atoms with Crippen LogP contribution in [0.5, 0.6) is 5.75 Å². The fourth-order valence-electron chi connectivity index (χ4n) is 1.33. The summed E-state index contributed by atoms with van der Waals surface area (Å²) >= 11 is 1.57. The summed E-state index contributed by atoms with van der Waals surface area (Å²) in [4.78, 5) is 11.4. The molecule has 0 saturated heterocycles. The zero-order valence-corrected chi connectivity index (χ0v) is 10.5. The van der Waals surface area contributed by atoms with Gasteiger partial charge in [-0.15, -0.1) is 0 Å². The molecule has 0 saturated carbocycles. The van der Waals surface area contributed by atoms with Crippen molar-refractivity contribution >= 4 is 23.0 Å². The van der Waals surface area contributed by atoms with Gasteiger partial charge in [0.25, 0.3) is 0 Å². The maximum atomic E-state index is 11.4. The predicted octanol–water partition coefficient (Wildman–Crippen LogP) is 2.45. The molecular weight excluding hydrogens is 250 g/mol. The maximum Gasteiger partial charge on any atom is 0.344 e. The quantitative estimate of drug-likeness (QED) is 0.665. The van der Waals surface area contributed by atoms with Crippen molar-refractivity contribution in [3.63, 3.8) is 0 Å². The minimum Gasteiger partial charge on any atom is -0.482 e. The van der Waals surface area contributed by atoms with Gasteiger partial charge in [-0.25, -0.2) is 4.79 Å². The third kappa shape index (κ3) is 3.78. The molecule has 1 aromatic heterocycles. The van der Waals surface area contributed by atoms with Crippen LogP contribution in [-0.4, -0.2) is 12.6 Å². The molecule has 4 nitrogen and oxygen atoms in total. The normalized spacial score (nSPS) is 10.0. The van der Waals surface area contributed by atoms with Crippen molar-refractivity contribution in [3.8, 4) is 5.75 Å². The maximum absolute atomic E-state index is 11.4. The molecule has 0 radical (unpaired) electrons. The Labute approximate surface area is 109 Å². The topological polar surface area (TPSA) is 61.5 Å². The Morgan fingerprint density at radius 2 is 2.22 bits per heavy atom. The second-order valence-electron chi connectivity index (χ2n) is 3.65. The van der Waals surface area contributed by atoms with Crippen LogP contribution in [0.1, 0.15) is 5.56 Å². The molecule has 1 aromatic carbocycles. The lowest BCUT2D eigenvalue weighted by molar-refractivity contribution is -0.147. The zero-order valence-electron chi connectivity index (χ0n) is 9.67. The van der Waals surface area contributed by atoms with Gasteiger partial charge >= 0.3 is 5.97 Å². The monoisotopic (exact) mass is 263 g/mol. The van der Waals surface area contributed by atoms with Gasteiger partial charge in [-0.05, 0) is 29.0 Å². The van der Waals surface area contributed by atoms with Crippen molar-refractivity contribution in [2.24, 2.45) is 0 Å². The van der Waals surface area contributed by atoms with Crippen LogP contribution >= 0.6 is 11.3 Å². The van der Waals surface area contributed by atoms with Gasteiger partial charge in [0.1, 0.15) is 12.4 Å². The lowest BCUT2D eigenvalue weighted by Gasteiger charge is -2.06. The van der Waals surface area contributed by atoms with E-state index in [9.17, 15) is 4.79 Å². The molecular formula is C13H13NO3S. The number of benzene rings is 1. The van der Waals surface area contributed by atoms with Gasteiger partial charge in [0.05, 0.1) is 0 Å². The first kappa shape index (κ1) is 12.4. The van der Waals surface area contributed by atoms with Crippen molar-refractivity contribution in [3.05, 3.63) is 46.7 Å². The van der Waals surface area contributed by atoms with Crippen molar-refractivity contribution in [1.29, 1.82) is 0 Å². The van der Waals surface area contributed by atoms with Crippen molar-refractivity contribution in [2.45, 2.75) is 6.61 Å². The molecule has 0 aliphatic carbocycles. The molecule has 2 N–H and O–H groups in total. The predicted molar refractivity (Wildman–Crippen MR) is 70.5 cm³/mol. The first-order valence-electron chi connectivity index (χ1n) is 5.39. The van der Waals surface area contributed by atoms with E-state index in [1.165, 1.54) is 0 Å². The van der Waals surface area contributed by atoms with E-state index < -0.39 is 5.97 Å². The van der Waals surface area contributed by atoms with Crippen LogP contribution in [0.15, 0.2) is 41.1 Å². The van der Waals surface area contributed by atoms with Crippen molar-refractivity contribution in [2.75, 3.05) is 12.3 Å². The number of ether oxygens (including phenoxy) is 2. The van der Waals surface area contributed by atoms with Gasteiger partial charge < -0.3 is 15.2 Å². The second kappa shape index (κ2) is 6.07. The Hall–Kier alpha value is -2.01. The molecule has 94 valence electrons. The molecule has 0 atom stereocenters. The van der Waals surface area contributed by atoms with Crippen LogP contribution in [0.3, 0.4) is 0 Å². The highest BCUT2D eigenvalue weighted by Gasteiger charge is 2.05. The van der Waals surface area contributed by atoms with Crippen molar-refractivity contribution in [1.82, 2.24) is 0 Å².